The standard InChI is InChI=1S/C19H18N4O3/c1-11-4-16-13(10-23(19(16)24)14-8-21-22-9-14)5-15(11)12-6-17(25-2)18(26-3)20-7-12/h4-9H,10H2,1-3H3,(H,21,22). The summed E-state index contributed by atoms with van der Waals surface area (Å²) >= 11 is 0. The quantitative estimate of drug-likeness (QED) is 0.782. The number of aromatic nitrogens is 3. The van der Waals surface area contributed by atoms with Gasteiger partial charge in [-0.25, -0.2) is 4.98 Å². The molecule has 1 aliphatic rings. The Kier molecular flexibility index (Phi) is 3.84. The fourth-order valence-electron chi connectivity index (χ4n) is 3.26. The SMILES string of the molecule is COc1cc(-c2cc3c(cc2C)C(=O)N(c2cn[nH]c2)C3)cnc1OC. The molecule has 0 saturated carbocycles. The summed E-state index contributed by atoms with van der Waals surface area (Å²) in [5.74, 6) is 0.999. The molecule has 1 amide bonds. The smallest absolute Gasteiger partial charge is 0.259 e. The zero-order valence-electron chi connectivity index (χ0n) is 14.7. The van der Waals surface area contributed by atoms with E-state index in [1.165, 1.54) is 0 Å². The normalized spacial score (nSPS) is 13.0. The van der Waals surface area contributed by atoms with E-state index in [1.807, 2.05) is 25.1 Å². The number of nitrogens with one attached hydrogen (secondary N) is 1. The van der Waals surface area contributed by atoms with Gasteiger partial charge < -0.3 is 14.4 Å². The second-order valence-corrected chi connectivity index (χ2v) is 6.11. The molecule has 26 heavy (non-hydrogen) atoms. The van der Waals surface area contributed by atoms with E-state index in [2.05, 4.69) is 15.2 Å². The number of hydrogen-bond donors (Lipinski definition) is 1. The lowest BCUT2D eigenvalue weighted by Gasteiger charge is -2.12. The lowest BCUT2D eigenvalue weighted by molar-refractivity contribution is 0.0996. The number of carbonyl (C=O) groups excluding carboxylic acids is 1. The van der Waals surface area contributed by atoms with Crippen molar-refractivity contribution in [1.29, 1.82) is 0 Å². The van der Waals surface area contributed by atoms with Crippen LogP contribution in [0.15, 0.2) is 36.8 Å². The predicted molar refractivity (Wildman–Crippen MR) is 96.6 cm³/mol. The van der Waals surface area contributed by atoms with Gasteiger partial charge in [0.15, 0.2) is 5.75 Å². The zero-order valence-corrected chi connectivity index (χ0v) is 14.7. The van der Waals surface area contributed by atoms with Gasteiger partial charge in [0, 0.05) is 23.5 Å². The van der Waals surface area contributed by atoms with Gasteiger partial charge in [-0.3, -0.25) is 9.89 Å². The van der Waals surface area contributed by atoms with E-state index in [4.69, 9.17) is 9.47 Å². The highest BCUT2D eigenvalue weighted by atomic mass is 16.5. The van der Waals surface area contributed by atoms with Crippen LogP contribution in [-0.4, -0.2) is 35.3 Å². The summed E-state index contributed by atoms with van der Waals surface area (Å²) in [4.78, 5) is 18.7. The van der Waals surface area contributed by atoms with E-state index in [1.54, 1.807) is 37.7 Å². The maximum absolute atomic E-state index is 12.7. The van der Waals surface area contributed by atoms with Gasteiger partial charge in [-0.05, 0) is 41.8 Å². The first kappa shape index (κ1) is 16.1. The monoisotopic (exact) mass is 350 g/mol. The minimum atomic E-state index is -0.0125. The van der Waals surface area contributed by atoms with Crippen LogP contribution in [0.3, 0.4) is 0 Å². The maximum Gasteiger partial charge on any atom is 0.259 e. The molecular formula is C19H18N4O3. The van der Waals surface area contributed by atoms with Gasteiger partial charge in [0.05, 0.1) is 32.6 Å². The number of nitrogens with zero attached hydrogens (tertiary/aromatic N) is 3. The number of rotatable bonds is 4. The third-order valence-corrected chi connectivity index (χ3v) is 4.59. The van der Waals surface area contributed by atoms with E-state index in [0.29, 0.717) is 18.2 Å². The summed E-state index contributed by atoms with van der Waals surface area (Å²) in [6.07, 6.45) is 5.12. The Morgan fingerprint density at radius 2 is 1.96 bits per heavy atom. The molecule has 0 atom stereocenters. The van der Waals surface area contributed by atoms with E-state index >= 15 is 0 Å². The lowest BCUT2D eigenvalue weighted by atomic mass is 9.96. The molecule has 0 spiro atoms. The number of methoxy groups -OCH3 is 2. The fraction of sp³-hybridized carbons (Fsp3) is 0.211. The van der Waals surface area contributed by atoms with Crippen molar-refractivity contribution in [3.05, 3.63) is 53.5 Å². The van der Waals surface area contributed by atoms with Gasteiger partial charge in [-0.1, -0.05) is 0 Å². The average molecular weight is 350 g/mol. The van der Waals surface area contributed by atoms with Gasteiger partial charge in [0.1, 0.15) is 0 Å². The Morgan fingerprint density at radius 3 is 2.65 bits per heavy atom. The Morgan fingerprint density at radius 1 is 1.12 bits per heavy atom. The lowest BCUT2D eigenvalue weighted by Crippen LogP contribution is -2.22. The van der Waals surface area contributed by atoms with Crippen LogP contribution in [0.1, 0.15) is 21.5 Å². The number of H-pyrrole nitrogens is 1. The molecule has 1 N–H and O–H groups in total. The molecule has 132 valence electrons. The molecule has 0 unspecified atom stereocenters. The highest BCUT2D eigenvalue weighted by molar-refractivity contribution is 6.10. The van der Waals surface area contributed by atoms with Crippen molar-refractivity contribution in [2.24, 2.45) is 0 Å². The van der Waals surface area contributed by atoms with E-state index in [-0.39, 0.29) is 5.91 Å². The molecule has 1 aromatic carbocycles. The Bertz CT molecular complexity index is 983. The molecule has 7 heteroatoms. The summed E-state index contributed by atoms with van der Waals surface area (Å²) in [5, 5.41) is 6.68. The molecule has 1 aliphatic heterocycles. The average Bonchev–Trinajstić information content (AvgIpc) is 3.29. The molecule has 3 aromatic rings. The molecule has 0 bridgehead atoms. The summed E-state index contributed by atoms with van der Waals surface area (Å²) in [5.41, 5.74) is 5.39. The third-order valence-electron chi connectivity index (χ3n) is 4.59. The van der Waals surface area contributed by atoms with Crippen molar-refractivity contribution in [2.75, 3.05) is 19.1 Å². The van der Waals surface area contributed by atoms with Gasteiger partial charge >= 0.3 is 0 Å². The third kappa shape index (κ3) is 2.48. The van der Waals surface area contributed by atoms with Crippen LogP contribution in [0.5, 0.6) is 11.6 Å². The first-order valence-electron chi connectivity index (χ1n) is 8.15. The van der Waals surface area contributed by atoms with Crippen LogP contribution in [0.2, 0.25) is 0 Å². The van der Waals surface area contributed by atoms with Crippen molar-refractivity contribution in [1.82, 2.24) is 15.2 Å². The van der Waals surface area contributed by atoms with Crippen molar-refractivity contribution in [2.45, 2.75) is 13.5 Å². The second-order valence-electron chi connectivity index (χ2n) is 6.11. The topological polar surface area (TPSA) is 80.3 Å². The van der Waals surface area contributed by atoms with Gasteiger partial charge in [-0.15, -0.1) is 0 Å². The molecule has 0 fully saturated rings. The number of fused-ring (bicyclic) bond motifs is 1. The Labute approximate surface area is 150 Å². The summed E-state index contributed by atoms with van der Waals surface area (Å²) in [6, 6.07) is 5.88. The van der Waals surface area contributed by atoms with Crippen molar-refractivity contribution >= 4 is 11.6 Å². The number of carbonyl (C=O) groups is 1. The Balaban J connectivity index is 1.76. The van der Waals surface area contributed by atoms with Crippen molar-refractivity contribution < 1.29 is 14.3 Å². The Hall–Kier alpha value is -3.35. The van der Waals surface area contributed by atoms with Crippen LogP contribution in [0.25, 0.3) is 11.1 Å². The van der Waals surface area contributed by atoms with Gasteiger partial charge in [0.2, 0.25) is 0 Å². The first-order valence-corrected chi connectivity index (χ1v) is 8.15. The van der Waals surface area contributed by atoms with Crippen LogP contribution in [-0.2, 0) is 6.54 Å². The number of pyridine rings is 1. The van der Waals surface area contributed by atoms with Gasteiger partial charge in [-0.2, -0.15) is 5.10 Å². The number of aromatic amines is 1. The zero-order chi connectivity index (χ0) is 18.3. The molecular weight excluding hydrogens is 332 g/mol. The largest absolute Gasteiger partial charge is 0.491 e. The number of anilines is 1. The minimum Gasteiger partial charge on any atom is -0.491 e. The number of aryl methyl sites for hydroxylation is 1. The van der Waals surface area contributed by atoms with Gasteiger partial charge in [0.25, 0.3) is 11.8 Å². The molecule has 0 saturated heterocycles. The number of amides is 1. The number of ether oxygens (including phenoxy) is 2. The summed E-state index contributed by atoms with van der Waals surface area (Å²) in [6.45, 7) is 2.50. The molecule has 3 heterocycles. The van der Waals surface area contributed by atoms with E-state index < -0.39 is 0 Å². The van der Waals surface area contributed by atoms with Crippen LogP contribution >= 0.6 is 0 Å². The highest BCUT2D eigenvalue weighted by Crippen LogP contribution is 2.36. The minimum absolute atomic E-state index is 0.0125. The van der Waals surface area contributed by atoms with Crippen LogP contribution in [0, 0.1) is 6.92 Å². The molecule has 4 rings (SSSR count). The molecule has 7 nitrogen and oxygen atoms in total. The molecule has 2 aromatic heterocycles. The second kappa shape index (κ2) is 6.18. The first-order chi connectivity index (χ1) is 12.6. The maximum atomic E-state index is 12.7. The van der Waals surface area contributed by atoms with E-state index in [0.717, 1.165) is 33.5 Å². The fourth-order valence-corrected chi connectivity index (χ4v) is 3.26. The molecule has 0 radical (unpaired) electrons. The van der Waals surface area contributed by atoms with Crippen LogP contribution in [0.4, 0.5) is 5.69 Å². The van der Waals surface area contributed by atoms with Crippen molar-refractivity contribution in [3.8, 4) is 22.8 Å². The van der Waals surface area contributed by atoms with Crippen LogP contribution < -0.4 is 14.4 Å². The summed E-state index contributed by atoms with van der Waals surface area (Å²) < 4.78 is 10.6. The van der Waals surface area contributed by atoms with Crippen molar-refractivity contribution in [3.63, 3.8) is 0 Å². The van der Waals surface area contributed by atoms with E-state index in [9.17, 15) is 4.79 Å². The number of benzene rings is 1. The molecule has 0 aliphatic carbocycles. The highest BCUT2D eigenvalue weighted by Gasteiger charge is 2.30. The number of hydrogen-bond acceptors (Lipinski definition) is 5. The predicted octanol–water partition coefficient (Wildman–Crippen LogP) is 2.96. The summed E-state index contributed by atoms with van der Waals surface area (Å²) in [7, 11) is 3.14.